The second-order valence-corrected chi connectivity index (χ2v) is 4.38. The molecule has 0 aliphatic carbocycles. The summed E-state index contributed by atoms with van der Waals surface area (Å²) in [6.45, 7) is 1.24. The van der Waals surface area contributed by atoms with Gasteiger partial charge in [-0.3, -0.25) is 14.3 Å². The summed E-state index contributed by atoms with van der Waals surface area (Å²) in [4.78, 5) is 24.3. The van der Waals surface area contributed by atoms with Crippen molar-refractivity contribution < 1.29 is 24.4 Å². The maximum atomic E-state index is 14.1. The van der Waals surface area contributed by atoms with Crippen LogP contribution in [0.1, 0.15) is 13.2 Å². The normalized spacial score (nSPS) is 36.4. The third-order valence-electron chi connectivity index (χ3n) is 2.94. The molecule has 1 unspecified atom stereocenters. The van der Waals surface area contributed by atoms with E-state index in [1.807, 2.05) is 4.98 Å². The quantitative estimate of drug-likeness (QED) is 0.487. The largest absolute Gasteiger partial charge is 0.391 e. The van der Waals surface area contributed by atoms with Gasteiger partial charge in [-0.05, 0) is 6.92 Å². The first-order valence-electron chi connectivity index (χ1n) is 5.49. The summed E-state index contributed by atoms with van der Waals surface area (Å²) < 4.78 is 19.6. The van der Waals surface area contributed by atoms with E-state index in [4.69, 9.17) is 4.74 Å². The van der Waals surface area contributed by atoms with Crippen molar-refractivity contribution in [2.75, 3.05) is 0 Å². The number of rotatable bonds is 2. The van der Waals surface area contributed by atoms with Crippen molar-refractivity contribution >= 4 is 0 Å². The van der Waals surface area contributed by atoms with Gasteiger partial charge in [0.1, 0.15) is 12.2 Å². The molecule has 19 heavy (non-hydrogen) atoms. The molecule has 2 rings (SSSR count). The molecule has 1 aliphatic heterocycles. The Morgan fingerprint density at radius 1 is 1.58 bits per heavy atom. The molecule has 5 atom stereocenters. The van der Waals surface area contributed by atoms with Crippen molar-refractivity contribution in [2.45, 2.75) is 37.3 Å². The molecular formula is C10H13FN2O6. The highest BCUT2D eigenvalue weighted by atomic mass is 19.2. The van der Waals surface area contributed by atoms with Crippen LogP contribution < -0.4 is 11.2 Å². The Kier molecular flexibility index (Phi) is 3.31. The van der Waals surface area contributed by atoms with E-state index in [9.17, 15) is 29.3 Å². The SMILES string of the molecule is CC(O)[C@H]1O[C@@H](n2ccc(=O)[nH]c2=O)[C@](O)(F)[C@@H]1O. The predicted molar refractivity (Wildman–Crippen MR) is 59.0 cm³/mol. The fraction of sp³-hybridized carbons (Fsp3) is 0.600. The van der Waals surface area contributed by atoms with Gasteiger partial charge in [-0.1, -0.05) is 0 Å². The highest BCUT2D eigenvalue weighted by molar-refractivity contribution is 4.99. The van der Waals surface area contributed by atoms with Crippen LogP contribution in [0.5, 0.6) is 0 Å². The zero-order chi connectivity index (χ0) is 14.4. The molecule has 0 saturated carbocycles. The van der Waals surface area contributed by atoms with Crippen LogP contribution in [-0.4, -0.2) is 49.0 Å². The van der Waals surface area contributed by atoms with Crippen molar-refractivity contribution in [3.8, 4) is 0 Å². The van der Waals surface area contributed by atoms with Gasteiger partial charge in [0, 0.05) is 12.3 Å². The van der Waals surface area contributed by atoms with E-state index in [2.05, 4.69) is 0 Å². The Bertz CT molecular complexity index is 580. The second-order valence-electron chi connectivity index (χ2n) is 4.38. The van der Waals surface area contributed by atoms with E-state index in [1.165, 1.54) is 6.92 Å². The highest BCUT2D eigenvalue weighted by Gasteiger charge is 2.58. The van der Waals surface area contributed by atoms with Crippen molar-refractivity contribution in [3.05, 3.63) is 33.1 Å². The van der Waals surface area contributed by atoms with Crippen LogP contribution in [0, 0.1) is 0 Å². The highest BCUT2D eigenvalue weighted by Crippen LogP contribution is 2.39. The van der Waals surface area contributed by atoms with Crippen molar-refractivity contribution in [3.63, 3.8) is 0 Å². The zero-order valence-electron chi connectivity index (χ0n) is 9.86. The van der Waals surface area contributed by atoms with Crippen LogP contribution in [0.3, 0.4) is 0 Å². The Labute approximate surface area is 105 Å². The molecule has 0 radical (unpaired) electrons. The number of aromatic amines is 1. The van der Waals surface area contributed by atoms with Crippen LogP contribution in [0.15, 0.2) is 21.9 Å². The third-order valence-corrected chi connectivity index (χ3v) is 2.94. The third kappa shape index (κ3) is 2.21. The van der Waals surface area contributed by atoms with Gasteiger partial charge in [0.05, 0.1) is 6.10 Å². The predicted octanol–water partition coefficient (Wildman–Crippen LogP) is -2.17. The Balaban J connectivity index is 2.45. The van der Waals surface area contributed by atoms with Crippen LogP contribution in [-0.2, 0) is 4.74 Å². The molecule has 1 aromatic heterocycles. The number of H-pyrrole nitrogens is 1. The van der Waals surface area contributed by atoms with Gasteiger partial charge in [-0.25, -0.2) is 9.18 Å². The number of hydrogen-bond donors (Lipinski definition) is 4. The smallest absolute Gasteiger partial charge is 0.330 e. The number of alkyl halides is 1. The number of nitrogens with one attached hydrogen (secondary N) is 1. The van der Waals surface area contributed by atoms with Crippen LogP contribution in [0.25, 0.3) is 0 Å². The molecule has 0 spiro atoms. The topological polar surface area (TPSA) is 125 Å². The van der Waals surface area contributed by atoms with Crippen molar-refractivity contribution in [1.82, 2.24) is 9.55 Å². The Hall–Kier alpha value is -1.55. The van der Waals surface area contributed by atoms with Gasteiger partial charge in [0.15, 0.2) is 6.23 Å². The van der Waals surface area contributed by atoms with E-state index in [-0.39, 0.29) is 0 Å². The van der Waals surface area contributed by atoms with E-state index in [1.54, 1.807) is 0 Å². The minimum atomic E-state index is -3.27. The number of halogens is 1. The lowest BCUT2D eigenvalue weighted by atomic mass is 10.0. The van der Waals surface area contributed by atoms with E-state index < -0.39 is 41.6 Å². The van der Waals surface area contributed by atoms with Crippen LogP contribution in [0.2, 0.25) is 0 Å². The Morgan fingerprint density at radius 3 is 2.68 bits per heavy atom. The Morgan fingerprint density at radius 2 is 2.21 bits per heavy atom. The lowest BCUT2D eigenvalue weighted by molar-refractivity contribution is -0.197. The van der Waals surface area contributed by atoms with Gasteiger partial charge < -0.3 is 20.1 Å². The molecule has 9 heteroatoms. The molecule has 0 aromatic carbocycles. The monoisotopic (exact) mass is 276 g/mol. The number of nitrogens with zero attached hydrogens (tertiary/aromatic N) is 1. The maximum Gasteiger partial charge on any atom is 0.330 e. The summed E-state index contributed by atoms with van der Waals surface area (Å²) in [7, 11) is 0. The first-order chi connectivity index (χ1) is 8.75. The lowest BCUT2D eigenvalue weighted by Crippen LogP contribution is -2.46. The number of hydrogen-bond acceptors (Lipinski definition) is 6. The summed E-state index contributed by atoms with van der Waals surface area (Å²) in [6, 6.07) is 0.933. The van der Waals surface area contributed by atoms with Gasteiger partial charge in [0.25, 0.3) is 11.4 Å². The van der Waals surface area contributed by atoms with E-state index in [0.717, 1.165) is 12.3 Å². The van der Waals surface area contributed by atoms with Gasteiger partial charge in [-0.15, -0.1) is 0 Å². The summed E-state index contributed by atoms with van der Waals surface area (Å²) in [5.41, 5.74) is -1.71. The van der Waals surface area contributed by atoms with Gasteiger partial charge >= 0.3 is 5.69 Å². The molecule has 1 aliphatic rings. The molecule has 8 nitrogen and oxygen atoms in total. The van der Waals surface area contributed by atoms with Crippen LogP contribution in [0.4, 0.5) is 4.39 Å². The second kappa shape index (κ2) is 4.53. The molecule has 1 fully saturated rings. The fourth-order valence-corrected chi connectivity index (χ4v) is 1.95. The average Bonchev–Trinajstić information content (AvgIpc) is 2.52. The summed E-state index contributed by atoms with van der Waals surface area (Å²) in [5.74, 6) is -3.27. The summed E-state index contributed by atoms with van der Waals surface area (Å²) >= 11 is 0. The summed E-state index contributed by atoms with van der Waals surface area (Å²) in [5, 5.41) is 28.5. The maximum absolute atomic E-state index is 14.1. The number of aromatic nitrogens is 2. The molecule has 106 valence electrons. The van der Waals surface area contributed by atoms with E-state index in [0.29, 0.717) is 4.57 Å². The average molecular weight is 276 g/mol. The van der Waals surface area contributed by atoms with Crippen molar-refractivity contribution in [1.29, 1.82) is 0 Å². The first-order valence-corrected chi connectivity index (χ1v) is 5.49. The first kappa shape index (κ1) is 13.9. The van der Waals surface area contributed by atoms with Crippen LogP contribution >= 0.6 is 0 Å². The number of aliphatic hydroxyl groups excluding tert-OH is 2. The van der Waals surface area contributed by atoms with Gasteiger partial charge in [0.2, 0.25) is 0 Å². The molecule has 1 aromatic rings. The summed E-state index contributed by atoms with van der Waals surface area (Å²) in [6.07, 6.45) is -5.64. The zero-order valence-corrected chi connectivity index (χ0v) is 9.86. The standard InChI is InChI=1S/C10H13FN2O6/c1-4(14)6-7(16)10(11,18)8(19-6)13-3-2-5(15)12-9(13)17/h2-4,6-8,14,16,18H,1H3,(H,12,15,17)/t4?,6-,7-,8-,10+/m1/s1. The molecular weight excluding hydrogens is 263 g/mol. The molecule has 4 N–H and O–H groups in total. The minimum absolute atomic E-state index is 0.590. The number of aliphatic hydroxyl groups is 3. The molecule has 0 bridgehead atoms. The fourth-order valence-electron chi connectivity index (χ4n) is 1.95. The van der Waals surface area contributed by atoms with Gasteiger partial charge in [-0.2, -0.15) is 0 Å². The minimum Gasteiger partial charge on any atom is -0.391 e. The van der Waals surface area contributed by atoms with Crippen molar-refractivity contribution in [2.24, 2.45) is 0 Å². The lowest BCUT2D eigenvalue weighted by Gasteiger charge is -2.23. The molecule has 1 saturated heterocycles. The molecule has 2 heterocycles. The van der Waals surface area contributed by atoms with E-state index >= 15 is 0 Å². The molecule has 0 amide bonds. The number of ether oxygens (including phenoxy) is 1.